The number of rotatable bonds is 7. The van der Waals surface area contributed by atoms with Crippen LogP contribution >= 0.6 is 0 Å². The van der Waals surface area contributed by atoms with Gasteiger partial charge in [0, 0.05) is 26.2 Å². The van der Waals surface area contributed by atoms with E-state index in [1.165, 1.54) is 0 Å². The quantitative estimate of drug-likeness (QED) is 0.767. The van der Waals surface area contributed by atoms with E-state index in [2.05, 4.69) is 5.32 Å². The topological polar surface area (TPSA) is 88.2 Å². The van der Waals surface area contributed by atoms with Crippen LogP contribution in [0.25, 0.3) is 0 Å². The normalized spacial score (nSPS) is 13.9. The average molecular weight is 377 g/mol. The number of amides is 3. The number of nitrogens with one attached hydrogen (secondary N) is 1. The Balaban J connectivity index is 1.70. The summed E-state index contributed by atoms with van der Waals surface area (Å²) in [4.78, 5) is 39.2. The molecule has 1 heterocycles. The Labute approximate surface area is 159 Å². The molecule has 1 saturated heterocycles. The van der Waals surface area contributed by atoms with Crippen molar-refractivity contribution < 1.29 is 23.9 Å². The van der Waals surface area contributed by atoms with Crippen LogP contribution in [-0.2, 0) is 20.7 Å². The van der Waals surface area contributed by atoms with Crippen molar-refractivity contribution in [2.24, 2.45) is 0 Å². The third kappa shape index (κ3) is 6.47. The molecule has 1 aliphatic rings. The SMILES string of the molecule is CCOC(=O)N1CCN(C(=O)CNC(=O)Cc2ccc(OCC)cc2)CC1. The molecule has 0 unspecified atom stereocenters. The minimum Gasteiger partial charge on any atom is -0.494 e. The van der Waals surface area contributed by atoms with Crippen molar-refractivity contribution in [2.75, 3.05) is 45.9 Å². The lowest BCUT2D eigenvalue weighted by molar-refractivity contribution is -0.134. The van der Waals surface area contributed by atoms with Crippen LogP contribution in [0.2, 0.25) is 0 Å². The molecule has 3 amide bonds. The molecule has 2 rings (SSSR count). The smallest absolute Gasteiger partial charge is 0.409 e. The second-order valence-electron chi connectivity index (χ2n) is 6.10. The number of hydrogen-bond donors (Lipinski definition) is 1. The molecule has 1 aromatic carbocycles. The largest absolute Gasteiger partial charge is 0.494 e. The number of carbonyl (C=O) groups excluding carboxylic acids is 3. The third-order valence-electron chi connectivity index (χ3n) is 4.19. The van der Waals surface area contributed by atoms with E-state index >= 15 is 0 Å². The van der Waals surface area contributed by atoms with Gasteiger partial charge in [-0.3, -0.25) is 9.59 Å². The molecule has 0 saturated carbocycles. The molecule has 1 fully saturated rings. The van der Waals surface area contributed by atoms with Gasteiger partial charge in [-0.05, 0) is 31.5 Å². The van der Waals surface area contributed by atoms with Crippen LogP contribution in [-0.4, -0.2) is 73.6 Å². The summed E-state index contributed by atoms with van der Waals surface area (Å²) in [6, 6.07) is 7.31. The maximum atomic E-state index is 12.2. The van der Waals surface area contributed by atoms with Gasteiger partial charge in [0.25, 0.3) is 0 Å². The summed E-state index contributed by atoms with van der Waals surface area (Å²) in [6.07, 6.45) is -0.149. The fourth-order valence-electron chi connectivity index (χ4n) is 2.76. The summed E-state index contributed by atoms with van der Waals surface area (Å²) in [5.41, 5.74) is 0.853. The summed E-state index contributed by atoms with van der Waals surface area (Å²) < 4.78 is 10.3. The highest BCUT2D eigenvalue weighted by molar-refractivity contribution is 5.86. The maximum Gasteiger partial charge on any atom is 0.409 e. The molecule has 1 aliphatic heterocycles. The predicted molar refractivity (Wildman–Crippen MR) is 99.5 cm³/mol. The lowest BCUT2D eigenvalue weighted by Crippen LogP contribution is -2.52. The first-order chi connectivity index (χ1) is 13.0. The van der Waals surface area contributed by atoms with E-state index in [-0.39, 0.29) is 30.9 Å². The van der Waals surface area contributed by atoms with Gasteiger partial charge in [-0.15, -0.1) is 0 Å². The van der Waals surface area contributed by atoms with Crippen molar-refractivity contribution in [3.05, 3.63) is 29.8 Å². The van der Waals surface area contributed by atoms with Crippen LogP contribution in [0, 0.1) is 0 Å². The second kappa shape index (κ2) is 10.4. The Morgan fingerprint density at radius 3 is 2.19 bits per heavy atom. The van der Waals surface area contributed by atoms with Crippen molar-refractivity contribution in [3.63, 3.8) is 0 Å². The van der Waals surface area contributed by atoms with Crippen LogP contribution in [0.15, 0.2) is 24.3 Å². The van der Waals surface area contributed by atoms with Gasteiger partial charge in [0.05, 0.1) is 26.2 Å². The monoisotopic (exact) mass is 377 g/mol. The molecule has 148 valence electrons. The minimum absolute atomic E-state index is 0.0464. The predicted octanol–water partition coefficient (Wildman–Crippen LogP) is 1.04. The number of benzene rings is 1. The Kier molecular flexibility index (Phi) is 7.91. The Bertz CT molecular complexity index is 639. The molecule has 0 atom stereocenters. The van der Waals surface area contributed by atoms with E-state index in [1.807, 2.05) is 31.2 Å². The maximum absolute atomic E-state index is 12.2. The Morgan fingerprint density at radius 2 is 1.59 bits per heavy atom. The molecule has 8 nitrogen and oxygen atoms in total. The molecule has 0 radical (unpaired) electrons. The summed E-state index contributed by atoms with van der Waals surface area (Å²) in [7, 11) is 0. The number of carbonyl (C=O) groups is 3. The van der Waals surface area contributed by atoms with Crippen LogP contribution < -0.4 is 10.1 Å². The van der Waals surface area contributed by atoms with Crippen molar-refractivity contribution in [1.29, 1.82) is 0 Å². The Hall–Kier alpha value is -2.77. The van der Waals surface area contributed by atoms with Gasteiger partial charge in [0.1, 0.15) is 5.75 Å². The molecule has 0 spiro atoms. The molecule has 0 bridgehead atoms. The zero-order chi connectivity index (χ0) is 19.6. The lowest BCUT2D eigenvalue weighted by Gasteiger charge is -2.34. The molecule has 0 aromatic heterocycles. The Morgan fingerprint density at radius 1 is 0.963 bits per heavy atom. The van der Waals surface area contributed by atoms with Gasteiger partial charge in [-0.1, -0.05) is 12.1 Å². The first-order valence-corrected chi connectivity index (χ1v) is 9.21. The fourth-order valence-corrected chi connectivity index (χ4v) is 2.76. The zero-order valence-corrected chi connectivity index (χ0v) is 15.9. The molecule has 8 heteroatoms. The molecule has 1 aromatic rings. The molecular formula is C19H27N3O5. The zero-order valence-electron chi connectivity index (χ0n) is 15.9. The molecule has 0 aliphatic carbocycles. The van der Waals surface area contributed by atoms with Crippen LogP contribution in [0.4, 0.5) is 4.79 Å². The van der Waals surface area contributed by atoms with Gasteiger partial charge < -0.3 is 24.6 Å². The average Bonchev–Trinajstić information content (AvgIpc) is 2.68. The van der Waals surface area contributed by atoms with Gasteiger partial charge in [-0.25, -0.2) is 4.79 Å². The summed E-state index contributed by atoms with van der Waals surface area (Å²) in [5, 5.41) is 2.66. The molecule has 1 N–H and O–H groups in total. The van der Waals surface area contributed by atoms with Crippen molar-refractivity contribution >= 4 is 17.9 Å². The highest BCUT2D eigenvalue weighted by atomic mass is 16.6. The number of ether oxygens (including phenoxy) is 2. The van der Waals surface area contributed by atoms with E-state index in [9.17, 15) is 14.4 Å². The van der Waals surface area contributed by atoms with Gasteiger partial charge in [0.2, 0.25) is 11.8 Å². The van der Waals surface area contributed by atoms with E-state index in [0.717, 1.165) is 11.3 Å². The second-order valence-corrected chi connectivity index (χ2v) is 6.10. The third-order valence-corrected chi connectivity index (χ3v) is 4.19. The minimum atomic E-state index is -0.353. The number of piperazine rings is 1. The van der Waals surface area contributed by atoms with Crippen LogP contribution in [0.1, 0.15) is 19.4 Å². The summed E-state index contributed by atoms with van der Waals surface area (Å²) in [6.45, 7) is 6.29. The van der Waals surface area contributed by atoms with Crippen molar-refractivity contribution in [3.8, 4) is 5.75 Å². The first kappa shape index (κ1) is 20.5. The highest BCUT2D eigenvalue weighted by Gasteiger charge is 2.24. The summed E-state index contributed by atoms with van der Waals surface area (Å²) >= 11 is 0. The number of hydrogen-bond acceptors (Lipinski definition) is 5. The van der Waals surface area contributed by atoms with Gasteiger partial charge in [0.15, 0.2) is 0 Å². The number of nitrogens with zero attached hydrogens (tertiary/aromatic N) is 2. The van der Waals surface area contributed by atoms with E-state index in [4.69, 9.17) is 9.47 Å². The van der Waals surface area contributed by atoms with Gasteiger partial charge >= 0.3 is 6.09 Å². The standard InChI is InChI=1S/C19H27N3O5/c1-3-26-16-7-5-15(6-8-16)13-17(23)20-14-18(24)21-9-11-22(12-10-21)19(25)27-4-2/h5-8H,3-4,9-14H2,1-2H3,(H,20,23). The van der Waals surface area contributed by atoms with Crippen molar-refractivity contribution in [1.82, 2.24) is 15.1 Å². The highest BCUT2D eigenvalue weighted by Crippen LogP contribution is 2.12. The van der Waals surface area contributed by atoms with Crippen LogP contribution in [0.3, 0.4) is 0 Å². The first-order valence-electron chi connectivity index (χ1n) is 9.21. The van der Waals surface area contributed by atoms with E-state index < -0.39 is 0 Å². The van der Waals surface area contributed by atoms with E-state index in [1.54, 1.807) is 16.7 Å². The lowest BCUT2D eigenvalue weighted by atomic mass is 10.1. The molecular weight excluding hydrogens is 350 g/mol. The van der Waals surface area contributed by atoms with Gasteiger partial charge in [-0.2, -0.15) is 0 Å². The fraction of sp³-hybridized carbons (Fsp3) is 0.526. The van der Waals surface area contributed by atoms with E-state index in [0.29, 0.717) is 39.4 Å². The molecule has 27 heavy (non-hydrogen) atoms. The van der Waals surface area contributed by atoms with Crippen LogP contribution in [0.5, 0.6) is 5.75 Å². The summed E-state index contributed by atoms with van der Waals surface area (Å²) in [5.74, 6) is 0.398. The van der Waals surface area contributed by atoms with Crippen molar-refractivity contribution in [2.45, 2.75) is 20.3 Å².